The van der Waals surface area contributed by atoms with Crippen molar-refractivity contribution in [2.75, 3.05) is 6.61 Å². The molecule has 0 radical (unpaired) electrons. The summed E-state index contributed by atoms with van der Waals surface area (Å²) in [6.07, 6.45) is 2.43. The van der Waals surface area contributed by atoms with Gasteiger partial charge in [-0.15, -0.1) is 0 Å². The summed E-state index contributed by atoms with van der Waals surface area (Å²) in [6.45, 7) is 2.65. The Morgan fingerprint density at radius 3 is 2.92 bits per heavy atom. The average molecular weight is 177 g/mol. The fourth-order valence-corrected chi connectivity index (χ4v) is 0.933. The monoisotopic (exact) mass is 177 g/mol. The van der Waals surface area contributed by atoms with E-state index in [1.54, 1.807) is 18.2 Å². The fourth-order valence-electron chi connectivity index (χ4n) is 0.933. The summed E-state index contributed by atoms with van der Waals surface area (Å²) >= 11 is 0. The van der Waals surface area contributed by atoms with Gasteiger partial charge in [-0.05, 0) is 18.6 Å². The van der Waals surface area contributed by atoms with Crippen molar-refractivity contribution >= 4 is 11.8 Å². The number of hydrogen-bond donors (Lipinski definition) is 0. The Kier molecular flexibility index (Phi) is 3.74. The maximum Gasteiger partial charge on any atom is 0.240 e. The largest absolute Gasteiger partial charge is 0.491 e. The van der Waals surface area contributed by atoms with Crippen molar-refractivity contribution in [3.8, 4) is 5.75 Å². The van der Waals surface area contributed by atoms with E-state index in [1.165, 1.54) is 6.08 Å². The van der Waals surface area contributed by atoms with Gasteiger partial charge in [0.05, 0.1) is 6.61 Å². The zero-order chi connectivity index (χ0) is 9.52. The van der Waals surface area contributed by atoms with Crippen LogP contribution in [0.2, 0.25) is 0 Å². The molecular formula is C10H11NO2. The first-order valence-corrected chi connectivity index (χ1v) is 4.18. The van der Waals surface area contributed by atoms with Gasteiger partial charge in [-0.1, -0.05) is 19.1 Å². The zero-order valence-corrected chi connectivity index (χ0v) is 7.49. The van der Waals surface area contributed by atoms with Gasteiger partial charge in [-0.25, -0.2) is 4.79 Å². The Bertz CT molecular complexity index is 316. The quantitative estimate of drug-likeness (QED) is 0.523. The van der Waals surface area contributed by atoms with Crippen LogP contribution in [-0.4, -0.2) is 12.7 Å². The molecule has 0 aromatic heterocycles. The van der Waals surface area contributed by atoms with Crippen LogP contribution in [0.25, 0.3) is 0 Å². The molecule has 0 amide bonds. The Hall–Kier alpha value is -1.60. The highest BCUT2D eigenvalue weighted by atomic mass is 16.5. The van der Waals surface area contributed by atoms with Crippen molar-refractivity contribution in [1.29, 1.82) is 0 Å². The summed E-state index contributed by atoms with van der Waals surface area (Å²) in [5, 5.41) is 0. The van der Waals surface area contributed by atoms with Gasteiger partial charge in [0, 0.05) is 0 Å². The lowest BCUT2D eigenvalue weighted by Gasteiger charge is -2.05. The molecule has 1 aromatic carbocycles. The number of ether oxygens (including phenoxy) is 1. The normalized spacial score (nSPS) is 9.00. The number of para-hydroxylation sites is 2. The summed E-state index contributed by atoms with van der Waals surface area (Å²) in [6, 6.07) is 7.14. The van der Waals surface area contributed by atoms with Gasteiger partial charge in [0.1, 0.15) is 11.4 Å². The van der Waals surface area contributed by atoms with Crippen LogP contribution < -0.4 is 4.74 Å². The third-order valence-corrected chi connectivity index (χ3v) is 1.49. The second-order valence-corrected chi connectivity index (χ2v) is 2.52. The highest BCUT2D eigenvalue weighted by molar-refractivity contribution is 5.57. The molecule has 0 N–H and O–H groups in total. The van der Waals surface area contributed by atoms with Crippen LogP contribution in [0.1, 0.15) is 13.3 Å². The number of aliphatic imine (C=N–C) groups is 1. The molecule has 0 unspecified atom stereocenters. The van der Waals surface area contributed by atoms with Crippen LogP contribution in [0.5, 0.6) is 5.75 Å². The summed E-state index contributed by atoms with van der Waals surface area (Å²) in [4.78, 5) is 13.6. The van der Waals surface area contributed by atoms with E-state index in [-0.39, 0.29) is 0 Å². The zero-order valence-electron chi connectivity index (χ0n) is 7.49. The topological polar surface area (TPSA) is 38.7 Å². The Morgan fingerprint density at radius 1 is 1.46 bits per heavy atom. The molecule has 3 nitrogen and oxygen atoms in total. The lowest BCUT2D eigenvalue weighted by molar-refractivity contribution is 0.318. The third kappa shape index (κ3) is 2.73. The molecule has 1 aromatic rings. The first-order chi connectivity index (χ1) is 6.38. The molecule has 0 fully saturated rings. The predicted molar refractivity (Wildman–Crippen MR) is 50.0 cm³/mol. The molecule has 0 saturated carbocycles. The summed E-state index contributed by atoms with van der Waals surface area (Å²) in [7, 11) is 0. The third-order valence-electron chi connectivity index (χ3n) is 1.49. The van der Waals surface area contributed by atoms with Crippen molar-refractivity contribution in [2.45, 2.75) is 13.3 Å². The lowest BCUT2D eigenvalue weighted by atomic mass is 10.3. The van der Waals surface area contributed by atoms with Crippen molar-refractivity contribution in [1.82, 2.24) is 0 Å². The summed E-state index contributed by atoms with van der Waals surface area (Å²) < 4.78 is 5.37. The standard InChI is InChI=1S/C10H11NO2/c1-2-7-13-10-6-4-3-5-9(10)11-8-12/h3-6H,2,7H2,1H3. The molecule has 3 heteroatoms. The molecule has 13 heavy (non-hydrogen) atoms. The van der Waals surface area contributed by atoms with Gasteiger partial charge >= 0.3 is 0 Å². The minimum absolute atomic E-state index is 0.533. The molecule has 0 spiro atoms. The van der Waals surface area contributed by atoms with Gasteiger partial charge in [0.2, 0.25) is 6.08 Å². The maximum atomic E-state index is 10.1. The molecule has 68 valence electrons. The van der Waals surface area contributed by atoms with E-state index < -0.39 is 0 Å². The Labute approximate surface area is 77.1 Å². The highest BCUT2D eigenvalue weighted by Gasteiger charge is 1.99. The summed E-state index contributed by atoms with van der Waals surface area (Å²) in [5.41, 5.74) is 0.533. The molecular weight excluding hydrogens is 166 g/mol. The van der Waals surface area contributed by atoms with Crippen LogP contribution >= 0.6 is 0 Å². The maximum absolute atomic E-state index is 10.1. The number of hydrogen-bond acceptors (Lipinski definition) is 3. The van der Waals surface area contributed by atoms with E-state index in [0.717, 1.165) is 6.42 Å². The first kappa shape index (κ1) is 9.49. The molecule has 0 bridgehead atoms. The van der Waals surface area contributed by atoms with Crippen LogP contribution in [0, 0.1) is 0 Å². The molecule has 0 aliphatic carbocycles. The second kappa shape index (κ2) is 5.12. The van der Waals surface area contributed by atoms with E-state index in [1.807, 2.05) is 13.0 Å². The fraction of sp³-hybridized carbons (Fsp3) is 0.300. The lowest BCUT2D eigenvalue weighted by Crippen LogP contribution is -1.94. The van der Waals surface area contributed by atoms with Crippen LogP contribution in [0.3, 0.4) is 0 Å². The smallest absolute Gasteiger partial charge is 0.240 e. The predicted octanol–water partition coefficient (Wildman–Crippen LogP) is 2.44. The van der Waals surface area contributed by atoms with Crippen molar-refractivity contribution in [3.05, 3.63) is 24.3 Å². The SMILES string of the molecule is CCCOc1ccccc1N=C=O. The van der Waals surface area contributed by atoms with Gasteiger partial charge in [-0.2, -0.15) is 4.99 Å². The van der Waals surface area contributed by atoms with Crippen LogP contribution in [0.15, 0.2) is 29.3 Å². The molecule has 0 aliphatic rings. The van der Waals surface area contributed by atoms with E-state index in [4.69, 9.17) is 4.74 Å². The van der Waals surface area contributed by atoms with Gasteiger partial charge < -0.3 is 4.74 Å². The van der Waals surface area contributed by atoms with Crippen LogP contribution in [0.4, 0.5) is 5.69 Å². The molecule has 1 rings (SSSR count). The van der Waals surface area contributed by atoms with Crippen LogP contribution in [-0.2, 0) is 4.79 Å². The minimum Gasteiger partial charge on any atom is -0.491 e. The number of nitrogens with zero attached hydrogens (tertiary/aromatic N) is 1. The number of carbonyl (C=O) groups excluding carboxylic acids is 1. The first-order valence-electron chi connectivity index (χ1n) is 4.18. The van der Waals surface area contributed by atoms with Crippen molar-refractivity contribution in [2.24, 2.45) is 4.99 Å². The second-order valence-electron chi connectivity index (χ2n) is 2.52. The van der Waals surface area contributed by atoms with Crippen molar-refractivity contribution in [3.63, 3.8) is 0 Å². The highest BCUT2D eigenvalue weighted by Crippen LogP contribution is 2.26. The molecule has 0 saturated heterocycles. The van der Waals surface area contributed by atoms with Crippen molar-refractivity contribution < 1.29 is 9.53 Å². The van der Waals surface area contributed by atoms with Gasteiger partial charge in [-0.3, -0.25) is 0 Å². The van der Waals surface area contributed by atoms with E-state index in [9.17, 15) is 4.79 Å². The average Bonchev–Trinajstić information content (AvgIpc) is 2.17. The molecule has 0 aliphatic heterocycles. The Balaban J connectivity index is 2.84. The Morgan fingerprint density at radius 2 is 2.23 bits per heavy atom. The van der Waals surface area contributed by atoms with E-state index >= 15 is 0 Å². The molecule has 0 atom stereocenters. The van der Waals surface area contributed by atoms with Gasteiger partial charge in [0.15, 0.2) is 0 Å². The number of isocyanates is 1. The number of rotatable bonds is 4. The van der Waals surface area contributed by atoms with E-state index in [0.29, 0.717) is 18.0 Å². The summed E-state index contributed by atoms with van der Waals surface area (Å²) in [5.74, 6) is 0.632. The van der Waals surface area contributed by atoms with Gasteiger partial charge in [0.25, 0.3) is 0 Å². The minimum atomic E-state index is 0.533. The molecule has 0 heterocycles. The van der Waals surface area contributed by atoms with E-state index in [2.05, 4.69) is 4.99 Å². The number of benzene rings is 1.